The fraction of sp³-hybridized carbons (Fsp3) is 0.393. The van der Waals surface area contributed by atoms with Gasteiger partial charge < -0.3 is 14.2 Å². The molecule has 1 amide bonds. The molecule has 1 saturated heterocycles. The number of aliphatic imine (C=N–C) groups is 1. The Morgan fingerprint density at radius 2 is 1.92 bits per heavy atom. The van der Waals surface area contributed by atoms with Crippen LogP contribution in [-0.4, -0.2) is 48.3 Å². The third-order valence-corrected chi connectivity index (χ3v) is 7.33. The Hall–Kier alpha value is -3.26. The second kappa shape index (κ2) is 12.1. The van der Waals surface area contributed by atoms with Crippen molar-refractivity contribution in [2.75, 3.05) is 20.3 Å². The summed E-state index contributed by atoms with van der Waals surface area (Å²) in [5.74, 6) is 0.859. The molecule has 2 aliphatic rings. The van der Waals surface area contributed by atoms with Gasteiger partial charge in [0.05, 0.1) is 24.3 Å². The van der Waals surface area contributed by atoms with Crippen LogP contribution in [0.1, 0.15) is 45.1 Å². The lowest BCUT2D eigenvalue weighted by Crippen LogP contribution is -2.44. The lowest BCUT2D eigenvalue weighted by molar-refractivity contribution is -0.145. The minimum Gasteiger partial charge on any atom is -0.493 e. The summed E-state index contributed by atoms with van der Waals surface area (Å²) in [5, 5.41) is 0.720. The molecule has 0 N–H and O–H groups in total. The first-order valence-corrected chi connectivity index (χ1v) is 13.1. The average molecular weight is 509 g/mol. The second-order valence-corrected chi connectivity index (χ2v) is 9.86. The molecule has 2 fully saturated rings. The first-order chi connectivity index (χ1) is 17.5. The van der Waals surface area contributed by atoms with Crippen molar-refractivity contribution >= 4 is 40.6 Å². The van der Waals surface area contributed by atoms with Gasteiger partial charge in [-0.15, -0.1) is 0 Å². The van der Waals surface area contributed by atoms with E-state index in [4.69, 9.17) is 19.2 Å². The zero-order chi connectivity index (χ0) is 25.5. The molecule has 36 heavy (non-hydrogen) atoms. The molecule has 2 atom stereocenters. The SMILES string of the molecule is CCOC(=O)COc1ccc(/C=C2\SC(=Nc3ccccc3)N([C@H]3CCCC[C@H]3C)C2=O)cc1OC. The minimum absolute atomic E-state index is 0.0185. The van der Waals surface area contributed by atoms with Gasteiger partial charge in [0.2, 0.25) is 0 Å². The number of thioether (sulfide) groups is 1. The van der Waals surface area contributed by atoms with E-state index in [0.717, 1.165) is 35.7 Å². The van der Waals surface area contributed by atoms with Gasteiger partial charge in [-0.2, -0.15) is 0 Å². The summed E-state index contributed by atoms with van der Waals surface area (Å²) in [7, 11) is 1.54. The van der Waals surface area contributed by atoms with E-state index in [-0.39, 0.29) is 18.6 Å². The van der Waals surface area contributed by atoms with Crippen LogP contribution in [-0.2, 0) is 14.3 Å². The number of rotatable bonds is 8. The van der Waals surface area contributed by atoms with Gasteiger partial charge in [-0.25, -0.2) is 9.79 Å². The largest absolute Gasteiger partial charge is 0.493 e. The fourth-order valence-corrected chi connectivity index (χ4v) is 5.58. The maximum Gasteiger partial charge on any atom is 0.344 e. The Bertz CT molecular complexity index is 1150. The number of esters is 1. The van der Waals surface area contributed by atoms with Crippen molar-refractivity contribution in [3.63, 3.8) is 0 Å². The standard InChI is InChI=1S/C28H32N2O5S/c1-4-34-26(31)18-35-23-15-14-20(16-24(23)33-3)17-25-27(32)30(22-13-9-8-10-19(22)2)28(36-25)29-21-11-6-5-7-12-21/h5-7,11-12,14-17,19,22H,4,8-10,13,18H2,1-3H3/b25-17-,29-28?/t19-,22+/m1/s1. The van der Waals surface area contributed by atoms with Crippen LogP contribution < -0.4 is 9.47 Å². The first-order valence-electron chi connectivity index (χ1n) is 12.3. The van der Waals surface area contributed by atoms with Crippen LogP contribution >= 0.6 is 11.8 Å². The van der Waals surface area contributed by atoms with Crippen LogP contribution in [0.15, 0.2) is 58.4 Å². The summed E-state index contributed by atoms with van der Waals surface area (Å²) >= 11 is 1.40. The molecule has 0 spiro atoms. The quantitative estimate of drug-likeness (QED) is 0.330. The molecule has 0 bridgehead atoms. The highest BCUT2D eigenvalue weighted by molar-refractivity contribution is 8.18. The van der Waals surface area contributed by atoms with Crippen molar-refractivity contribution in [3.05, 3.63) is 59.0 Å². The topological polar surface area (TPSA) is 77.4 Å². The summed E-state index contributed by atoms with van der Waals surface area (Å²) in [5.41, 5.74) is 1.62. The van der Waals surface area contributed by atoms with Crippen molar-refractivity contribution < 1.29 is 23.8 Å². The van der Waals surface area contributed by atoms with Crippen LogP contribution in [0, 0.1) is 5.92 Å². The number of amidine groups is 1. The van der Waals surface area contributed by atoms with Gasteiger partial charge in [0.15, 0.2) is 23.3 Å². The Kier molecular flexibility index (Phi) is 8.70. The number of para-hydroxylation sites is 1. The molecule has 0 radical (unpaired) electrons. The lowest BCUT2D eigenvalue weighted by atomic mass is 9.85. The highest BCUT2D eigenvalue weighted by Crippen LogP contribution is 2.40. The van der Waals surface area contributed by atoms with E-state index in [0.29, 0.717) is 28.9 Å². The van der Waals surface area contributed by atoms with Gasteiger partial charge >= 0.3 is 5.97 Å². The summed E-state index contributed by atoms with van der Waals surface area (Å²) in [6, 6.07) is 15.2. The first kappa shape index (κ1) is 25.8. The molecule has 1 aliphatic carbocycles. The molecule has 2 aromatic rings. The van der Waals surface area contributed by atoms with E-state index >= 15 is 0 Å². The molecule has 1 heterocycles. The molecule has 190 valence electrons. The molecule has 1 saturated carbocycles. The molecule has 7 nitrogen and oxygen atoms in total. The molecule has 1 aliphatic heterocycles. The van der Waals surface area contributed by atoms with Gasteiger partial charge in [-0.1, -0.05) is 44.0 Å². The summed E-state index contributed by atoms with van der Waals surface area (Å²) < 4.78 is 15.9. The lowest BCUT2D eigenvalue weighted by Gasteiger charge is -2.35. The average Bonchev–Trinajstić information content (AvgIpc) is 3.18. The number of benzene rings is 2. The van der Waals surface area contributed by atoms with E-state index in [1.54, 1.807) is 19.1 Å². The molecule has 4 rings (SSSR count). The van der Waals surface area contributed by atoms with Gasteiger partial charge in [0, 0.05) is 6.04 Å². The van der Waals surface area contributed by atoms with Crippen LogP contribution in [0.4, 0.5) is 5.69 Å². The number of methoxy groups -OCH3 is 1. The van der Waals surface area contributed by atoms with E-state index in [2.05, 4.69) is 6.92 Å². The molecule has 8 heteroatoms. The van der Waals surface area contributed by atoms with Crippen molar-refractivity contribution in [1.29, 1.82) is 0 Å². The van der Waals surface area contributed by atoms with E-state index in [1.807, 2.05) is 47.4 Å². The molecular weight excluding hydrogens is 476 g/mol. The third-order valence-electron chi connectivity index (χ3n) is 6.35. The summed E-state index contributed by atoms with van der Waals surface area (Å²) in [6.45, 7) is 4.06. The Morgan fingerprint density at radius 3 is 2.64 bits per heavy atom. The van der Waals surface area contributed by atoms with Crippen molar-refractivity contribution in [2.45, 2.75) is 45.6 Å². The van der Waals surface area contributed by atoms with Crippen LogP contribution in [0.2, 0.25) is 0 Å². The predicted molar refractivity (Wildman–Crippen MR) is 142 cm³/mol. The fourth-order valence-electron chi connectivity index (χ4n) is 4.53. The van der Waals surface area contributed by atoms with Crippen LogP contribution in [0.25, 0.3) is 6.08 Å². The molecule has 2 aromatic carbocycles. The monoisotopic (exact) mass is 508 g/mol. The predicted octanol–water partition coefficient (Wildman–Crippen LogP) is 5.82. The number of hydrogen-bond donors (Lipinski definition) is 0. The Balaban J connectivity index is 1.61. The van der Waals surface area contributed by atoms with Crippen molar-refractivity contribution in [3.8, 4) is 11.5 Å². The van der Waals surface area contributed by atoms with Gasteiger partial charge in [-0.05, 0) is 73.4 Å². The molecular formula is C28H32N2O5S. The van der Waals surface area contributed by atoms with E-state index < -0.39 is 5.97 Å². The minimum atomic E-state index is -0.444. The highest BCUT2D eigenvalue weighted by atomic mass is 32.2. The third kappa shape index (κ3) is 6.10. The number of nitrogens with zero attached hydrogens (tertiary/aromatic N) is 2. The van der Waals surface area contributed by atoms with Crippen molar-refractivity contribution in [1.82, 2.24) is 4.90 Å². The highest BCUT2D eigenvalue weighted by Gasteiger charge is 2.41. The zero-order valence-electron chi connectivity index (χ0n) is 20.9. The number of hydrogen-bond acceptors (Lipinski definition) is 7. The Morgan fingerprint density at radius 1 is 1.14 bits per heavy atom. The molecule has 0 unspecified atom stereocenters. The van der Waals surface area contributed by atoms with Crippen LogP contribution in [0.3, 0.4) is 0 Å². The maximum atomic E-state index is 13.7. The van der Waals surface area contributed by atoms with E-state index in [1.165, 1.54) is 25.3 Å². The van der Waals surface area contributed by atoms with Gasteiger partial charge in [0.1, 0.15) is 0 Å². The number of amides is 1. The van der Waals surface area contributed by atoms with Gasteiger partial charge in [-0.3, -0.25) is 9.69 Å². The maximum absolute atomic E-state index is 13.7. The second-order valence-electron chi connectivity index (χ2n) is 8.85. The smallest absolute Gasteiger partial charge is 0.344 e. The summed E-state index contributed by atoms with van der Waals surface area (Å²) in [6.07, 6.45) is 6.27. The zero-order valence-corrected chi connectivity index (χ0v) is 21.8. The van der Waals surface area contributed by atoms with Crippen molar-refractivity contribution in [2.24, 2.45) is 10.9 Å². The number of carbonyl (C=O) groups excluding carboxylic acids is 2. The normalized spacial score (nSPS) is 22.2. The van der Waals surface area contributed by atoms with Gasteiger partial charge in [0.25, 0.3) is 5.91 Å². The molecule has 0 aromatic heterocycles. The van der Waals surface area contributed by atoms with Crippen LogP contribution in [0.5, 0.6) is 11.5 Å². The number of carbonyl (C=O) groups is 2. The Labute approximate surface area is 216 Å². The summed E-state index contributed by atoms with van der Waals surface area (Å²) in [4.78, 5) is 32.7. The van der Waals surface area contributed by atoms with E-state index in [9.17, 15) is 9.59 Å². The number of ether oxygens (including phenoxy) is 3.